The SMILES string of the molecule is COc1ccc(-c2cnc(C(=O)CCCCCCc3ccccc3)o2)cc1. The van der Waals surface area contributed by atoms with Crippen LogP contribution < -0.4 is 4.74 Å². The summed E-state index contributed by atoms with van der Waals surface area (Å²) in [4.78, 5) is 16.4. The van der Waals surface area contributed by atoms with Gasteiger partial charge in [0.2, 0.25) is 5.78 Å². The Bertz CT molecular complexity index is 838. The minimum absolute atomic E-state index is 0.0298. The second-order valence-electron chi connectivity index (χ2n) is 6.58. The number of benzene rings is 2. The zero-order valence-electron chi connectivity index (χ0n) is 15.7. The van der Waals surface area contributed by atoms with Gasteiger partial charge in [0.25, 0.3) is 5.89 Å². The van der Waals surface area contributed by atoms with E-state index in [4.69, 9.17) is 9.15 Å². The lowest BCUT2D eigenvalue weighted by molar-refractivity contribution is 0.0946. The molecule has 2 aromatic carbocycles. The number of hydrogen-bond acceptors (Lipinski definition) is 4. The molecule has 4 heteroatoms. The number of methoxy groups -OCH3 is 1. The topological polar surface area (TPSA) is 52.3 Å². The van der Waals surface area contributed by atoms with Crippen molar-refractivity contribution >= 4 is 5.78 Å². The van der Waals surface area contributed by atoms with Crippen LogP contribution in [0.4, 0.5) is 0 Å². The zero-order valence-corrected chi connectivity index (χ0v) is 15.7. The van der Waals surface area contributed by atoms with Crippen LogP contribution in [0, 0.1) is 0 Å². The number of aromatic nitrogens is 1. The van der Waals surface area contributed by atoms with Gasteiger partial charge in [-0.3, -0.25) is 4.79 Å². The monoisotopic (exact) mass is 363 g/mol. The maximum Gasteiger partial charge on any atom is 0.263 e. The summed E-state index contributed by atoms with van der Waals surface area (Å²) in [6.45, 7) is 0. The quantitative estimate of drug-likeness (QED) is 0.341. The number of aryl methyl sites for hydroxylation is 1. The van der Waals surface area contributed by atoms with E-state index in [9.17, 15) is 4.79 Å². The van der Waals surface area contributed by atoms with Crippen LogP contribution in [0.5, 0.6) is 5.75 Å². The summed E-state index contributed by atoms with van der Waals surface area (Å²) in [7, 11) is 1.63. The van der Waals surface area contributed by atoms with Gasteiger partial charge in [0.05, 0.1) is 13.3 Å². The van der Waals surface area contributed by atoms with Gasteiger partial charge in [-0.2, -0.15) is 0 Å². The minimum atomic E-state index is -0.0298. The van der Waals surface area contributed by atoms with Crippen LogP contribution in [0.1, 0.15) is 48.4 Å². The van der Waals surface area contributed by atoms with Gasteiger partial charge in [-0.05, 0) is 49.1 Å². The number of rotatable bonds is 10. The van der Waals surface area contributed by atoms with Gasteiger partial charge in [0, 0.05) is 12.0 Å². The normalized spacial score (nSPS) is 10.7. The predicted molar refractivity (Wildman–Crippen MR) is 106 cm³/mol. The average molecular weight is 363 g/mol. The van der Waals surface area contributed by atoms with Crippen LogP contribution in [0.25, 0.3) is 11.3 Å². The molecule has 0 aliphatic heterocycles. The largest absolute Gasteiger partial charge is 0.497 e. The van der Waals surface area contributed by atoms with E-state index in [0.717, 1.165) is 43.4 Å². The Morgan fingerprint density at radius 2 is 1.70 bits per heavy atom. The third-order valence-electron chi connectivity index (χ3n) is 4.58. The van der Waals surface area contributed by atoms with Crippen molar-refractivity contribution in [2.75, 3.05) is 7.11 Å². The fourth-order valence-electron chi connectivity index (χ4n) is 3.01. The van der Waals surface area contributed by atoms with Crippen LogP contribution >= 0.6 is 0 Å². The smallest absolute Gasteiger partial charge is 0.263 e. The molecule has 0 N–H and O–H groups in total. The Kier molecular flexibility index (Phi) is 6.80. The lowest BCUT2D eigenvalue weighted by Gasteiger charge is -2.02. The van der Waals surface area contributed by atoms with E-state index in [1.807, 2.05) is 30.3 Å². The number of oxazole rings is 1. The Morgan fingerprint density at radius 1 is 0.963 bits per heavy atom. The number of ether oxygens (including phenoxy) is 1. The molecule has 1 aromatic heterocycles. The molecule has 0 bridgehead atoms. The van der Waals surface area contributed by atoms with Crippen molar-refractivity contribution in [2.24, 2.45) is 0 Å². The van der Waals surface area contributed by atoms with Crippen molar-refractivity contribution in [1.82, 2.24) is 4.98 Å². The second kappa shape index (κ2) is 9.72. The summed E-state index contributed by atoms with van der Waals surface area (Å²) >= 11 is 0. The second-order valence-corrected chi connectivity index (χ2v) is 6.58. The number of Topliss-reactive ketones (excluding diaryl/α,β-unsaturated/α-hetero) is 1. The first-order valence-electron chi connectivity index (χ1n) is 9.43. The highest BCUT2D eigenvalue weighted by Crippen LogP contribution is 2.23. The van der Waals surface area contributed by atoms with Crippen molar-refractivity contribution in [3.05, 3.63) is 72.2 Å². The van der Waals surface area contributed by atoms with Crippen molar-refractivity contribution < 1.29 is 13.9 Å². The first-order valence-corrected chi connectivity index (χ1v) is 9.43. The molecule has 0 radical (unpaired) electrons. The summed E-state index contributed by atoms with van der Waals surface area (Å²) < 4.78 is 10.8. The van der Waals surface area contributed by atoms with E-state index < -0.39 is 0 Å². The highest BCUT2D eigenvalue weighted by Gasteiger charge is 2.14. The zero-order chi connectivity index (χ0) is 18.9. The molecule has 0 saturated carbocycles. The van der Waals surface area contributed by atoms with Gasteiger partial charge in [-0.25, -0.2) is 4.98 Å². The number of nitrogens with zero attached hydrogens (tertiary/aromatic N) is 1. The Morgan fingerprint density at radius 3 is 2.44 bits per heavy atom. The molecular formula is C23H25NO3. The average Bonchev–Trinajstić information content (AvgIpc) is 3.21. The van der Waals surface area contributed by atoms with Gasteiger partial charge >= 0.3 is 0 Å². The predicted octanol–water partition coefficient (Wildman–Crippen LogP) is 5.73. The van der Waals surface area contributed by atoms with E-state index in [2.05, 4.69) is 29.2 Å². The van der Waals surface area contributed by atoms with E-state index in [1.54, 1.807) is 13.3 Å². The standard InChI is InChI=1S/C23H25NO3/c1-26-20-15-13-19(14-16-20)22-17-24-23(27-22)21(25)12-8-3-2-5-9-18-10-6-4-7-11-18/h4,6-7,10-11,13-17H,2-3,5,8-9,12H2,1H3. The molecule has 3 rings (SSSR count). The fourth-order valence-corrected chi connectivity index (χ4v) is 3.01. The van der Waals surface area contributed by atoms with Crippen LogP contribution in [0.3, 0.4) is 0 Å². The summed E-state index contributed by atoms with van der Waals surface area (Å²) in [5.74, 6) is 1.55. The van der Waals surface area contributed by atoms with Gasteiger partial charge in [0.1, 0.15) is 5.75 Å². The first kappa shape index (κ1) is 18.9. The molecule has 0 fully saturated rings. The lowest BCUT2D eigenvalue weighted by Crippen LogP contribution is -1.99. The molecule has 4 nitrogen and oxygen atoms in total. The minimum Gasteiger partial charge on any atom is -0.497 e. The van der Waals surface area contributed by atoms with E-state index in [1.165, 1.54) is 5.56 Å². The van der Waals surface area contributed by atoms with Crippen molar-refractivity contribution in [2.45, 2.75) is 38.5 Å². The molecule has 0 aliphatic carbocycles. The lowest BCUT2D eigenvalue weighted by atomic mass is 10.0. The molecule has 0 saturated heterocycles. The maximum atomic E-state index is 12.3. The molecule has 27 heavy (non-hydrogen) atoms. The fraction of sp³-hybridized carbons (Fsp3) is 0.304. The van der Waals surface area contributed by atoms with Gasteiger partial charge in [-0.1, -0.05) is 43.2 Å². The van der Waals surface area contributed by atoms with Gasteiger partial charge in [-0.15, -0.1) is 0 Å². The highest BCUT2D eigenvalue weighted by molar-refractivity contribution is 5.92. The Balaban J connectivity index is 1.40. The first-order chi connectivity index (χ1) is 13.3. The third kappa shape index (κ3) is 5.55. The van der Waals surface area contributed by atoms with Crippen molar-refractivity contribution in [1.29, 1.82) is 0 Å². The van der Waals surface area contributed by atoms with E-state index in [0.29, 0.717) is 12.2 Å². The number of ketones is 1. The van der Waals surface area contributed by atoms with Crippen molar-refractivity contribution in [3.8, 4) is 17.1 Å². The van der Waals surface area contributed by atoms with Crippen LogP contribution in [0.15, 0.2) is 65.2 Å². The van der Waals surface area contributed by atoms with Crippen molar-refractivity contribution in [3.63, 3.8) is 0 Å². The molecule has 140 valence electrons. The number of carbonyl (C=O) groups excluding carboxylic acids is 1. The molecule has 0 atom stereocenters. The molecule has 0 spiro atoms. The summed E-state index contributed by atoms with van der Waals surface area (Å²) in [5.41, 5.74) is 2.25. The molecule has 0 amide bonds. The Hall–Kier alpha value is -2.88. The summed E-state index contributed by atoms with van der Waals surface area (Å²) in [6, 6.07) is 18.0. The molecule has 0 unspecified atom stereocenters. The van der Waals surface area contributed by atoms with Crippen LogP contribution in [0.2, 0.25) is 0 Å². The highest BCUT2D eigenvalue weighted by atomic mass is 16.5. The Labute approximate surface area is 160 Å². The number of carbonyl (C=O) groups is 1. The number of hydrogen-bond donors (Lipinski definition) is 0. The van der Waals surface area contributed by atoms with E-state index >= 15 is 0 Å². The van der Waals surface area contributed by atoms with Gasteiger partial charge < -0.3 is 9.15 Å². The maximum absolute atomic E-state index is 12.3. The van der Waals surface area contributed by atoms with Crippen LogP contribution in [-0.2, 0) is 6.42 Å². The molecular weight excluding hydrogens is 338 g/mol. The van der Waals surface area contributed by atoms with E-state index in [-0.39, 0.29) is 11.7 Å². The number of unbranched alkanes of at least 4 members (excludes halogenated alkanes) is 3. The summed E-state index contributed by atoms with van der Waals surface area (Å²) in [6.07, 6.45) is 7.38. The molecule has 3 aromatic rings. The molecule has 0 aliphatic rings. The third-order valence-corrected chi connectivity index (χ3v) is 4.58. The van der Waals surface area contributed by atoms with Crippen LogP contribution in [-0.4, -0.2) is 17.9 Å². The van der Waals surface area contributed by atoms with Gasteiger partial charge in [0.15, 0.2) is 5.76 Å². The molecule has 1 heterocycles. The summed E-state index contributed by atoms with van der Waals surface area (Å²) in [5, 5.41) is 0.